The molecule has 1 heterocycles. The fraction of sp³-hybridized carbons (Fsp3) is 0.533. The highest BCUT2D eigenvalue weighted by Crippen LogP contribution is 2.52. The summed E-state index contributed by atoms with van der Waals surface area (Å²) in [7, 11) is 0. The average molecular weight is 273 g/mol. The predicted octanol–water partition coefficient (Wildman–Crippen LogP) is 0.708. The summed E-state index contributed by atoms with van der Waals surface area (Å²) in [5.74, 6) is 1.29. The summed E-state index contributed by atoms with van der Waals surface area (Å²) in [6, 6.07) is 0. The molecule has 5 heteroatoms. The topological polar surface area (TPSA) is 63.7 Å². The number of esters is 1. The maximum atomic E-state index is 12.3. The summed E-state index contributed by atoms with van der Waals surface area (Å²) in [6.07, 6.45) is 10.4. The van der Waals surface area contributed by atoms with E-state index in [0.29, 0.717) is 6.42 Å². The zero-order valence-electron chi connectivity index (χ0n) is 11.0. The molecule has 1 aliphatic heterocycles. The minimum atomic E-state index is -0.485. The molecular formula is C15H15NO4. The third-order valence-corrected chi connectivity index (χ3v) is 4.39. The second-order valence-corrected chi connectivity index (χ2v) is 5.45. The maximum Gasteiger partial charge on any atom is 0.308 e. The van der Waals surface area contributed by atoms with Crippen molar-refractivity contribution in [3.05, 3.63) is 12.2 Å². The van der Waals surface area contributed by atoms with Gasteiger partial charge in [-0.15, -0.1) is 12.3 Å². The molecule has 3 aliphatic rings. The van der Waals surface area contributed by atoms with E-state index in [2.05, 4.69) is 5.92 Å². The van der Waals surface area contributed by atoms with Crippen molar-refractivity contribution < 1.29 is 19.1 Å². The van der Waals surface area contributed by atoms with Gasteiger partial charge in [0.15, 0.2) is 6.73 Å². The molecule has 3 rings (SSSR count). The number of hydrogen-bond donors (Lipinski definition) is 0. The van der Waals surface area contributed by atoms with Crippen LogP contribution in [0.3, 0.4) is 0 Å². The van der Waals surface area contributed by atoms with Crippen molar-refractivity contribution in [1.29, 1.82) is 0 Å². The SMILES string of the molecule is C#CCCC(=O)OCN1C(=O)[C@@H]2C3C=CC(C3)[C@@H]2C1=O. The number of allylic oxidation sites excluding steroid dienone is 2. The Labute approximate surface area is 116 Å². The molecule has 1 saturated carbocycles. The minimum absolute atomic E-state index is 0.104. The van der Waals surface area contributed by atoms with Gasteiger partial charge in [0, 0.05) is 6.42 Å². The predicted molar refractivity (Wildman–Crippen MR) is 68.6 cm³/mol. The van der Waals surface area contributed by atoms with Crippen LogP contribution in [0.1, 0.15) is 19.3 Å². The van der Waals surface area contributed by atoms with E-state index < -0.39 is 5.97 Å². The fourth-order valence-electron chi connectivity index (χ4n) is 3.47. The van der Waals surface area contributed by atoms with Gasteiger partial charge in [0.1, 0.15) is 0 Å². The molecular weight excluding hydrogens is 258 g/mol. The Morgan fingerprint density at radius 2 is 1.90 bits per heavy atom. The van der Waals surface area contributed by atoms with Gasteiger partial charge in [0.25, 0.3) is 0 Å². The van der Waals surface area contributed by atoms with Crippen LogP contribution in [0, 0.1) is 36.0 Å². The molecule has 5 nitrogen and oxygen atoms in total. The molecule has 2 unspecified atom stereocenters. The first-order valence-corrected chi connectivity index (χ1v) is 6.76. The number of terminal acetylenes is 1. The zero-order valence-corrected chi connectivity index (χ0v) is 11.0. The summed E-state index contributed by atoms with van der Waals surface area (Å²) >= 11 is 0. The average Bonchev–Trinajstić information content (AvgIpc) is 3.10. The fourth-order valence-corrected chi connectivity index (χ4v) is 3.47. The first-order valence-electron chi connectivity index (χ1n) is 6.76. The molecule has 2 bridgehead atoms. The van der Waals surface area contributed by atoms with Crippen molar-refractivity contribution in [3.8, 4) is 12.3 Å². The monoisotopic (exact) mass is 273 g/mol. The lowest BCUT2D eigenvalue weighted by Crippen LogP contribution is -2.35. The molecule has 0 aromatic carbocycles. The molecule has 20 heavy (non-hydrogen) atoms. The van der Waals surface area contributed by atoms with Gasteiger partial charge in [-0.1, -0.05) is 12.2 Å². The van der Waals surface area contributed by atoms with Crippen molar-refractivity contribution in [3.63, 3.8) is 0 Å². The van der Waals surface area contributed by atoms with Crippen molar-refractivity contribution in [2.75, 3.05) is 6.73 Å². The lowest BCUT2D eigenvalue weighted by atomic mass is 9.85. The summed E-state index contributed by atoms with van der Waals surface area (Å²) in [5, 5.41) is 0. The Balaban J connectivity index is 1.62. The van der Waals surface area contributed by atoms with Gasteiger partial charge >= 0.3 is 5.97 Å². The highest BCUT2D eigenvalue weighted by Gasteiger charge is 2.59. The number of carbonyl (C=O) groups is 3. The lowest BCUT2D eigenvalue weighted by Gasteiger charge is -2.16. The van der Waals surface area contributed by atoms with E-state index in [1.807, 2.05) is 12.2 Å². The Kier molecular flexibility index (Phi) is 3.09. The summed E-state index contributed by atoms with van der Waals surface area (Å²) < 4.78 is 4.95. The molecule has 0 aromatic rings. The summed E-state index contributed by atoms with van der Waals surface area (Å²) in [5.41, 5.74) is 0. The number of rotatable bonds is 4. The van der Waals surface area contributed by atoms with Gasteiger partial charge in [-0.2, -0.15) is 0 Å². The number of imide groups is 1. The third-order valence-electron chi connectivity index (χ3n) is 4.39. The molecule has 1 saturated heterocycles. The van der Waals surface area contributed by atoms with Crippen molar-refractivity contribution in [2.24, 2.45) is 23.7 Å². The Morgan fingerprint density at radius 3 is 2.45 bits per heavy atom. The van der Waals surface area contributed by atoms with Crippen molar-refractivity contribution in [1.82, 2.24) is 4.90 Å². The standard InChI is InChI=1S/C15H15NO4/c1-2-3-4-11(17)20-8-16-14(18)12-9-5-6-10(7-9)13(12)15(16)19/h1,5-6,9-10,12-13H,3-4,7-8H2/t9?,10?,12-,13+. The molecule has 4 atom stereocenters. The van der Waals surface area contributed by atoms with Crippen molar-refractivity contribution in [2.45, 2.75) is 19.3 Å². The maximum absolute atomic E-state index is 12.3. The molecule has 0 radical (unpaired) electrons. The summed E-state index contributed by atoms with van der Waals surface area (Å²) in [6.45, 7) is -0.284. The molecule has 2 aliphatic carbocycles. The largest absolute Gasteiger partial charge is 0.444 e. The van der Waals surface area contributed by atoms with E-state index in [4.69, 9.17) is 11.2 Å². The zero-order chi connectivity index (χ0) is 14.3. The van der Waals surface area contributed by atoms with Crippen LogP contribution < -0.4 is 0 Å². The van der Waals surface area contributed by atoms with Gasteiger partial charge in [0.2, 0.25) is 11.8 Å². The molecule has 2 fully saturated rings. The van der Waals surface area contributed by atoms with Crippen LogP contribution in [-0.2, 0) is 19.1 Å². The van der Waals surface area contributed by atoms with E-state index in [9.17, 15) is 14.4 Å². The van der Waals surface area contributed by atoms with Crippen LogP contribution >= 0.6 is 0 Å². The van der Waals surface area contributed by atoms with E-state index in [-0.39, 0.29) is 48.6 Å². The Bertz CT molecular complexity index is 515. The number of carbonyl (C=O) groups excluding carboxylic acids is 3. The third kappa shape index (κ3) is 1.83. The highest BCUT2D eigenvalue weighted by atomic mass is 16.5. The van der Waals surface area contributed by atoms with Gasteiger partial charge in [-0.25, -0.2) is 4.90 Å². The normalized spacial score (nSPS) is 33.5. The highest BCUT2D eigenvalue weighted by molar-refractivity contribution is 6.06. The minimum Gasteiger partial charge on any atom is -0.444 e. The molecule has 0 aromatic heterocycles. The number of fused-ring (bicyclic) bond motifs is 5. The Morgan fingerprint density at radius 1 is 1.30 bits per heavy atom. The van der Waals surface area contributed by atoms with Crippen LogP contribution in [0.15, 0.2) is 12.2 Å². The Hall–Kier alpha value is -2.09. The molecule has 0 N–H and O–H groups in total. The van der Waals surface area contributed by atoms with E-state index in [1.54, 1.807) is 0 Å². The van der Waals surface area contributed by atoms with Gasteiger partial charge in [-0.3, -0.25) is 14.4 Å². The number of nitrogens with zero attached hydrogens (tertiary/aromatic N) is 1. The van der Waals surface area contributed by atoms with E-state index >= 15 is 0 Å². The molecule has 0 spiro atoms. The molecule has 104 valence electrons. The number of likely N-dealkylation sites (tertiary alicyclic amines) is 1. The van der Waals surface area contributed by atoms with Gasteiger partial charge < -0.3 is 4.74 Å². The quantitative estimate of drug-likeness (QED) is 0.327. The van der Waals surface area contributed by atoms with Crippen LogP contribution in [-0.4, -0.2) is 29.4 Å². The summed E-state index contributed by atoms with van der Waals surface area (Å²) in [4.78, 5) is 37.0. The number of ether oxygens (including phenoxy) is 1. The van der Waals surface area contributed by atoms with Crippen LogP contribution in [0.2, 0.25) is 0 Å². The van der Waals surface area contributed by atoms with Crippen molar-refractivity contribution >= 4 is 17.8 Å². The second-order valence-electron chi connectivity index (χ2n) is 5.45. The van der Waals surface area contributed by atoms with Gasteiger partial charge in [-0.05, 0) is 18.3 Å². The van der Waals surface area contributed by atoms with Crippen LogP contribution in [0.4, 0.5) is 0 Å². The molecule has 2 amide bonds. The first-order chi connectivity index (χ1) is 9.63. The van der Waals surface area contributed by atoms with Crippen LogP contribution in [0.25, 0.3) is 0 Å². The van der Waals surface area contributed by atoms with E-state index in [1.165, 1.54) is 0 Å². The number of hydrogen-bond acceptors (Lipinski definition) is 4. The lowest BCUT2D eigenvalue weighted by molar-refractivity contribution is -0.156. The van der Waals surface area contributed by atoms with E-state index in [0.717, 1.165) is 11.3 Å². The first kappa shape index (κ1) is 12.9. The smallest absolute Gasteiger partial charge is 0.308 e. The number of amides is 2. The second kappa shape index (κ2) is 4.78. The van der Waals surface area contributed by atoms with Gasteiger partial charge in [0.05, 0.1) is 18.3 Å². The van der Waals surface area contributed by atoms with Crippen LogP contribution in [0.5, 0.6) is 0 Å².